The number of rotatable bonds is 14. The first-order chi connectivity index (χ1) is 15.9. The summed E-state index contributed by atoms with van der Waals surface area (Å²) in [5.41, 5.74) is 11.4. The van der Waals surface area contributed by atoms with Gasteiger partial charge in [-0.1, -0.05) is 44.2 Å². The van der Waals surface area contributed by atoms with E-state index in [9.17, 15) is 29.1 Å². The van der Waals surface area contributed by atoms with Crippen molar-refractivity contribution in [2.75, 3.05) is 6.61 Å². The van der Waals surface area contributed by atoms with Gasteiger partial charge < -0.3 is 37.6 Å². The summed E-state index contributed by atoms with van der Waals surface area (Å²) in [6, 6.07) is 3.62. The Morgan fingerprint density at radius 1 is 0.882 bits per heavy atom. The van der Waals surface area contributed by atoms with Crippen LogP contribution in [0, 0.1) is 5.92 Å². The molecule has 0 aliphatic heterocycles. The number of benzene rings is 1. The van der Waals surface area contributed by atoms with E-state index in [0.29, 0.717) is 5.56 Å². The molecule has 34 heavy (non-hydrogen) atoms. The van der Waals surface area contributed by atoms with Crippen LogP contribution in [0.25, 0.3) is 0 Å². The Bertz CT molecular complexity index is 862. The van der Waals surface area contributed by atoms with Crippen LogP contribution in [0.5, 0.6) is 0 Å². The van der Waals surface area contributed by atoms with Gasteiger partial charge in [0.25, 0.3) is 0 Å². The molecule has 12 heteroatoms. The zero-order valence-electron chi connectivity index (χ0n) is 19.2. The molecular weight excluding hydrogens is 446 g/mol. The van der Waals surface area contributed by atoms with Gasteiger partial charge in [-0.15, -0.1) is 0 Å². The molecule has 0 saturated heterocycles. The van der Waals surface area contributed by atoms with Gasteiger partial charge in [-0.2, -0.15) is 0 Å². The number of carbonyl (C=O) groups is 5. The monoisotopic (exact) mass is 479 g/mol. The van der Waals surface area contributed by atoms with Crippen molar-refractivity contribution in [3.05, 3.63) is 35.9 Å². The Morgan fingerprint density at radius 2 is 1.41 bits per heavy atom. The standard InChI is InChI=1S/C22H33N5O7/c1-12(2)8-15(25-19(30)14(23)10-18(24)29)20(31)26-16(9-13-6-4-3-5-7-13)21(32)27-17(11-28)22(33)34/h3-7,12,14-17,28H,8-11,23H2,1-2H3,(H2,24,29)(H,25,30)(H,26,31)(H,27,32)(H,33,34). The van der Waals surface area contributed by atoms with E-state index in [-0.39, 0.29) is 18.8 Å². The highest BCUT2D eigenvalue weighted by molar-refractivity contribution is 5.95. The third kappa shape index (κ3) is 9.96. The number of aliphatic carboxylic acids is 1. The van der Waals surface area contributed by atoms with Crippen LogP contribution < -0.4 is 27.4 Å². The van der Waals surface area contributed by atoms with Gasteiger partial charge in [0.15, 0.2) is 0 Å². The van der Waals surface area contributed by atoms with Crippen molar-refractivity contribution in [1.82, 2.24) is 16.0 Å². The molecule has 0 spiro atoms. The van der Waals surface area contributed by atoms with Crippen LogP contribution in [0.1, 0.15) is 32.3 Å². The summed E-state index contributed by atoms with van der Waals surface area (Å²) in [4.78, 5) is 60.4. The molecule has 188 valence electrons. The van der Waals surface area contributed by atoms with E-state index < -0.39 is 66.8 Å². The highest BCUT2D eigenvalue weighted by Crippen LogP contribution is 2.09. The van der Waals surface area contributed by atoms with Gasteiger partial charge in [-0.3, -0.25) is 19.2 Å². The van der Waals surface area contributed by atoms with E-state index in [2.05, 4.69) is 16.0 Å². The van der Waals surface area contributed by atoms with Gasteiger partial charge in [0.1, 0.15) is 18.1 Å². The molecule has 0 heterocycles. The van der Waals surface area contributed by atoms with Crippen molar-refractivity contribution in [1.29, 1.82) is 0 Å². The molecule has 0 radical (unpaired) electrons. The molecule has 12 nitrogen and oxygen atoms in total. The zero-order valence-corrected chi connectivity index (χ0v) is 19.2. The van der Waals surface area contributed by atoms with E-state index in [1.165, 1.54) is 0 Å². The lowest BCUT2D eigenvalue weighted by atomic mass is 10.0. The Hall–Kier alpha value is -3.51. The molecule has 0 saturated carbocycles. The third-order valence-electron chi connectivity index (χ3n) is 4.81. The van der Waals surface area contributed by atoms with Gasteiger partial charge in [0.2, 0.25) is 23.6 Å². The van der Waals surface area contributed by atoms with Gasteiger partial charge >= 0.3 is 5.97 Å². The summed E-state index contributed by atoms with van der Waals surface area (Å²) in [5, 5.41) is 25.6. The molecule has 0 fully saturated rings. The predicted molar refractivity (Wildman–Crippen MR) is 122 cm³/mol. The fraction of sp³-hybridized carbons (Fsp3) is 0.500. The maximum Gasteiger partial charge on any atom is 0.328 e. The Morgan fingerprint density at radius 3 is 1.91 bits per heavy atom. The average molecular weight is 480 g/mol. The molecule has 4 unspecified atom stereocenters. The molecule has 0 aromatic heterocycles. The number of primary amides is 1. The fourth-order valence-corrected chi connectivity index (χ4v) is 3.08. The number of carbonyl (C=O) groups excluding carboxylic acids is 4. The van der Waals surface area contributed by atoms with Crippen molar-refractivity contribution >= 4 is 29.6 Å². The fourth-order valence-electron chi connectivity index (χ4n) is 3.08. The van der Waals surface area contributed by atoms with E-state index in [1.807, 2.05) is 13.8 Å². The summed E-state index contributed by atoms with van der Waals surface area (Å²) in [7, 11) is 0. The maximum atomic E-state index is 13.0. The Kier molecular flexibility index (Phi) is 11.7. The van der Waals surface area contributed by atoms with Crippen LogP contribution in [-0.2, 0) is 30.4 Å². The topological polar surface area (TPSA) is 214 Å². The summed E-state index contributed by atoms with van der Waals surface area (Å²) < 4.78 is 0. The minimum absolute atomic E-state index is 0.0275. The van der Waals surface area contributed by atoms with Crippen LogP contribution in [0.3, 0.4) is 0 Å². The highest BCUT2D eigenvalue weighted by Gasteiger charge is 2.31. The normalized spacial score (nSPS) is 14.4. The molecule has 0 aliphatic carbocycles. The summed E-state index contributed by atoms with van der Waals surface area (Å²) in [5.74, 6) is -4.51. The maximum absolute atomic E-state index is 13.0. The lowest BCUT2D eigenvalue weighted by Gasteiger charge is -2.26. The van der Waals surface area contributed by atoms with Crippen LogP contribution >= 0.6 is 0 Å². The molecule has 1 rings (SSSR count). The smallest absolute Gasteiger partial charge is 0.328 e. The largest absolute Gasteiger partial charge is 0.480 e. The molecule has 0 aliphatic rings. The van der Waals surface area contributed by atoms with Gasteiger partial charge in [-0.05, 0) is 17.9 Å². The van der Waals surface area contributed by atoms with Crippen LogP contribution in [-0.4, -0.2) is 70.6 Å². The number of aliphatic hydroxyl groups excluding tert-OH is 1. The minimum Gasteiger partial charge on any atom is -0.480 e. The predicted octanol–water partition coefficient (Wildman–Crippen LogP) is -1.99. The van der Waals surface area contributed by atoms with Crippen molar-refractivity contribution in [2.24, 2.45) is 17.4 Å². The highest BCUT2D eigenvalue weighted by atomic mass is 16.4. The quantitative estimate of drug-likeness (QED) is 0.158. The number of amides is 4. The van der Waals surface area contributed by atoms with Gasteiger partial charge in [0, 0.05) is 6.42 Å². The number of nitrogens with one attached hydrogen (secondary N) is 3. The third-order valence-corrected chi connectivity index (χ3v) is 4.81. The molecular formula is C22H33N5O7. The van der Waals surface area contributed by atoms with E-state index in [1.54, 1.807) is 30.3 Å². The second-order valence-electron chi connectivity index (χ2n) is 8.30. The Balaban J connectivity index is 3.08. The first-order valence-corrected chi connectivity index (χ1v) is 10.8. The minimum atomic E-state index is -1.55. The van der Waals surface area contributed by atoms with Crippen LogP contribution in [0.4, 0.5) is 0 Å². The van der Waals surface area contributed by atoms with Crippen molar-refractivity contribution < 1.29 is 34.2 Å². The summed E-state index contributed by atoms with van der Waals surface area (Å²) in [6.07, 6.45) is -0.173. The number of hydrogen-bond donors (Lipinski definition) is 7. The average Bonchev–Trinajstić information content (AvgIpc) is 2.75. The van der Waals surface area contributed by atoms with Crippen LogP contribution in [0.15, 0.2) is 30.3 Å². The first-order valence-electron chi connectivity index (χ1n) is 10.8. The molecule has 1 aromatic carbocycles. The lowest BCUT2D eigenvalue weighted by molar-refractivity contribution is -0.143. The molecule has 0 bridgehead atoms. The molecule has 1 aromatic rings. The number of nitrogens with two attached hydrogens (primary N) is 2. The Labute approximate surface area is 197 Å². The molecule has 4 atom stereocenters. The number of aliphatic hydroxyl groups is 1. The van der Waals surface area contributed by atoms with E-state index >= 15 is 0 Å². The zero-order chi connectivity index (χ0) is 25.8. The second kappa shape index (κ2) is 13.9. The summed E-state index contributed by atoms with van der Waals surface area (Å²) in [6.45, 7) is 2.81. The van der Waals surface area contributed by atoms with E-state index in [0.717, 1.165) is 0 Å². The molecule has 4 amide bonds. The van der Waals surface area contributed by atoms with Crippen molar-refractivity contribution in [2.45, 2.75) is 57.3 Å². The SMILES string of the molecule is CC(C)CC(NC(=O)C(N)CC(N)=O)C(=O)NC(Cc1ccccc1)C(=O)NC(CO)C(=O)O. The molecule has 9 N–H and O–H groups in total. The number of carboxylic acid groups (broad SMARTS) is 1. The van der Waals surface area contributed by atoms with Crippen LogP contribution in [0.2, 0.25) is 0 Å². The van der Waals surface area contributed by atoms with Crippen molar-refractivity contribution in [3.8, 4) is 0 Å². The summed E-state index contributed by atoms with van der Waals surface area (Å²) >= 11 is 0. The van der Waals surface area contributed by atoms with E-state index in [4.69, 9.17) is 16.6 Å². The van der Waals surface area contributed by atoms with Crippen molar-refractivity contribution in [3.63, 3.8) is 0 Å². The number of carboxylic acids is 1. The number of hydrogen-bond acceptors (Lipinski definition) is 7. The lowest BCUT2D eigenvalue weighted by Crippen LogP contribution is -2.58. The second-order valence-corrected chi connectivity index (χ2v) is 8.30. The first kappa shape index (κ1) is 28.5. The van der Waals surface area contributed by atoms with Gasteiger partial charge in [-0.25, -0.2) is 4.79 Å². The van der Waals surface area contributed by atoms with Gasteiger partial charge in [0.05, 0.1) is 19.1 Å².